The Morgan fingerprint density at radius 3 is 2.33 bits per heavy atom. The van der Waals surface area contributed by atoms with Crippen LogP contribution in [0.2, 0.25) is 0 Å². The first-order valence-electron chi connectivity index (χ1n) is 4.58. The van der Waals surface area contributed by atoms with Crippen molar-refractivity contribution in [2.75, 3.05) is 0 Å². The molecule has 0 saturated heterocycles. The van der Waals surface area contributed by atoms with E-state index in [9.17, 15) is 0 Å². The predicted octanol–water partition coefficient (Wildman–Crippen LogP) is 2.81. The van der Waals surface area contributed by atoms with Crippen LogP contribution in [0.15, 0.2) is 11.6 Å². The Labute approximate surface area is 74.9 Å². The third kappa shape index (κ3) is 1.12. The molecule has 1 saturated carbocycles. The number of rotatable bonds is 0. The molecule has 2 unspecified atom stereocenters. The van der Waals surface area contributed by atoms with Crippen molar-refractivity contribution >= 4 is 6.79 Å². The van der Waals surface area contributed by atoms with E-state index in [2.05, 4.69) is 26.8 Å². The van der Waals surface area contributed by atoms with Gasteiger partial charge in [0, 0.05) is 0 Å². The molecule has 0 radical (unpaired) electrons. The summed E-state index contributed by atoms with van der Waals surface area (Å²) in [5.41, 5.74) is 2.28. The van der Waals surface area contributed by atoms with Gasteiger partial charge in [-0.15, -0.1) is 0 Å². The van der Waals surface area contributed by atoms with Crippen LogP contribution in [0.1, 0.15) is 33.6 Å². The van der Waals surface area contributed by atoms with Gasteiger partial charge in [-0.25, -0.2) is 0 Å². The fourth-order valence-corrected chi connectivity index (χ4v) is 2.66. The van der Waals surface area contributed by atoms with Crippen molar-refractivity contribution in [2.24, 2.45) is 17.3 Å². The normalized spacial score (nSPS) is 35.4. The van der Waals surface area contributed by atoms with Crippen LogP contribution in [0, 0.1) is 17.3 Å². The molecule has 0 N–H and O–H groups in total. The SMILES string of the molecule is C=O.CC1=CCC2CC1C2(C)C. The fourth-order valence-electron chi connectivity index (χ4n) is 2.66. The van der Waals surface area contributed by atoms with E-state index < -0.39 is 0 Å². The van der Waals surface area contributed by atoms with Crippen molar-refractivity contribution < 1.29 is 4.79 Å². The van der Waals surface area contributed by atoms with Gasteiger partial charge >= 0.3 is 0 Å². The summed E-state index contributed by atoms with van der Waals surface area (Å²) in [6.07, 6.45) is 5.24. The zero-order valence-corrected chi connectivity index (χ0v) is 8.26. The Morgan fingerprint density at radius 1 is 1.50 bits per heavy atom. The molecule has 12 heavy (non-hydrogen) atoms. The maximum absolute atomic E-state index is 8.00. The van der Waals surface area contributed by atoms with Crippen molar-refractivity contribution in [2.45, 2.75) is 33.6 Å². The van der Waals surface area contributed by atoms with E-state index in [0.29, 0.717) is 5.41 Å². The minimum Gasteiger partial charge on any atom is -0.307 e. The van der Waals surface area contributed by atoms with Crippen LogP contribution in [-0.4, -0.2) is 6.79 Å². The molecule has 0 aromatic rings. The summed E-state index contributed by atoms with van der Waals surface area (Å²) in [5, 5.41) is 0. The van der Waals surface area contributed by atoms with Crippen LogP contribution in [0.3, 0.4) is 0 Å². The van der Waals surface area contributed by atoms with Gasteiger partial charge in [-0.05, 0) is 37.0 Å². The minimum atomic E-state index is 0.638. The van der Waals surface area contributed by atoms with E-state index in [1.807, 2.05) is 6.79 Å². The maximum atomic E-state index is 8.00. The molecule has 1 fully saturated rings. The standard InChI is InChI=1S/C10H16.CH2O/c1-7-4-5-8-6-9(7)10(8,2)3;1-2/h4,8-9H,5-6H2,1-3H3;1H2. The van der Waals surface area contributed by atoms with E-state index in [1.54, 1.807) is 5.57 Å². The van der Waals surface area contributed by atoms with Crippen molar-refractivity contribution in [3.63, 3.8) is 0 Å². The van der Waals surface area contributed by atoms with Crippen LogP contribution >= 0.6 is 0 Å². The molecule has 68 valence electrons. The molecule has 0 heterocycles. The lowest BCUT2D eigenvalue weighted by atomic mass is 9.49. The number of fused-ring (bicyclic) bond motifs is 1. The van der Waals surface area contributed by atoms with Crippen molar-refractivity contribution in [1.29, 1.82) is 0 Å². The zero-order chi connectivity index (χ0) is 9.35. The molecule has 3 rings (SSSR count). The first-order chi connectivity index (χ1) is 5.62. The molecular weight excluding hydrogens is 148 g/mol. The van der Waals surface area contributed by atoms with Gasteiger partial charge in [-0.2, -0.15) is 0 Å². The molecular formula is C11H18O. The summed E-state index contributed by atoms with van der Waals surface area (Å²) >= 11 is 0. The molecule has 1 nitrogen and oxygen atoms in total. The summed E-state index contributed by atoms with van der Waals surface area (Å²) in [4.78, 5) is 8.00. The molecule has 3 aliphatic rings. The van der Waals surface area contributed by atoms with Gasteiger partial charge in [0.15, 0.2) is 0 Å². The van der Waals surface area contributed by atoms with E-state index in [0.717, 1.165) is 11.8 Å². The van der Waals surface area contributed by atoms with Crippen LogP contribution in [0.4, 0.5) is 0 Å². The van der Waals surface area contributed by atoms with E-state index in [4.69, 9.17) is 4.79 Å². The van der Waals surface area contributed by atoms with E-state index >= 15 is 0 Å². The summed E-state index contributed by atoms with van der Waals surface area (Å²) in [6.45, 7) is 9.13. The third-order valence-corrected chi connectivity index (χ3v) is 3.74. The lowest BCUT2D eigenvalue weighted by Crippen LogP contribution is -2.47. The fraction of sp³-hybridized carbons (Fsp3) is 0.727. The quantitative estimate of drug-likeness (QED) is 0.506. The molecule has 1 heteroatoms. The number of carbonyl (C=O) groups excluding carboxylic acids is 1. The first kappa shape index (κ1) is 9.50. The maximum Gasteiger partial charge on any atom is 0.106 e. The van der Waals surface area contributed by atoms with Crippen molar-refractivity contribution in [3.8, 4) is 0 Å². The van der Waals surface area contributed by atoms with E-state index in [1.165, 1.54) is 12.8 Å². The molecule has 2 bridgehead atoms. The molecule has 2 atom stereocenters. The molecule has 3 aliphatic carbocycles. The Hall–Kier alpha value is -0.590. The molecule has 0 aromatic heterocycles. The zero-order valence-electron chi connectivity index (χ0n) is 8.26. The monoisotopic (exact) mass is 166 g/mol. The minimum absolute atomic E-state index is 0.638. The Balaban J connectivity index is 0.000000336. The highest BCUT2D eigenvalue weighted by Crippen LogP contribution is 2.58. The van der Waals surface area contributed by atoms with Crippen molar-refractivity contribution in [1.82, 2.24) is 0 Å². The molecule has 0 spiro atoms. The largest absolute Gasteiger partial charge is 0.307 e. The van der Waals surface area contributed by atoms with Crippen LogP contribution < -0.4 is 0 Å². The topological polar surface area (TPSA) is 17.1 Å². The Morgan fingerprint density at radius 2 is 2.08 bits per heavy atom. The van der Waals surface area contributed by atoms with Gasteiger partial charge in [0.1, 0.15) is 6.79 Å². The number of carbonyl (C=O) groups is 1. The van der Waals surface area contributed by atoms with Gasteiger partial charge in [0.05, 0.1) is 0 Å². The molecule has 0 amide bonds. The lowest BCUT2D eigenvalue weighted by Gasteiger charge is -2.56. The van der Waals surface area contributed by atoms with Gasteiger partial charge in [-0.3, -0.25) is 0 Å². The summed E-state index contributed by atoms with van der Waals surface area (Å²) < 4.78 is 0. The number of allylic oxidation sites excluding steroid dienone is 2. The highest BCUT2D eigenvalue weighted by atomic mass is 16.1. The first-order valence-corrected chi connectivity index (χ1v) is 4.58. The predicted molar refractivity (Wildman–Crippen MR) is 50.9 cm³/mol. The van der Waals surface area contributed by atoms with Gasteiger partial charge in [0.25, 0.3) is 0 Å². The van der Waals surface area contributed by atoms with E-state index in [-0.39, 0.29) is 0 Å². The summed E-state index contributed by atoms with van der Waals surface area (Å²) in [7, 11) is 0. The average molecular weight is 166 g/mol. The molecule has 0 aliphatic heterocycles. The second-order valence-corrected chi connectivity index (χ2v) is 4.49. The second kappa shape index (κ2) is 3.04. The van der Waals surface area contributed by atoms with Crippen molar-refractivity contribution in [3.05, 3.63) is 11.6 Å². The third-order valence-electron chi connectivity index (χ3n) is 3.74. The van der Waals surface area contributed by atoms with Crippen LogP contribution in [0.5, 0.6) is 0 Å². The number of hydrogen-bond donors (Lipinski definition) is 0. The number of hydrogen-bond acceptors (Lipinski definition) is 1. The highest BCUT2D eigenvalue weighted by molar-refractivity contribution is 5.21. The van der Waals surface area contributed by atoms with Gasteiger partial charge < -0.3 is 4.79 Å². The van der Waals surface area contributed by atoms with Crippen LogP contribution in [-0.2, 0) is 4.79 Å². The average Bonchev–Trinajstić information content (AvgIpc) is 2.07. The summed E-state index contributed by atoms with van der Waals surface area (Å²) in [6, 6.07) is 0. The second-order valence-electron chi connectivity index (χ2n) is 4.49. The smallest absolute Gasteiger partial charge is 0.106 e. The van der Waals surface area contributed by atoms with Gasteiger partial charge in [-0.1, -0.05) is 25.5 Å². The lowest BCUT2D eigenvalue weighted by molar-refractivity contribution is -0.0979. The summed E-state index contributed by atoms with van der Waals surface area (Å²) in [5.74, 6) is 1.92. The Bertz CT molecular complexity index is 203. The van der Waals surface area contributed by atoms with Gasteiger partial charge in [0.2, 0.25) is 0 Å². The van der Waals surface area contributed by atoms with Crippen LogP contribution in [0.25, 0.3) is 0 Å². The Kier molecular flexibility index (Phi) is 2.41. The molecule has 0 aromatic carbocycles. The highest BCUT2D eigenvalue weighted by Gasteiger charge is 2.49.